The van der Waals surface area contributed by atoms with Crippen LogP contribution >= 0.6 is 0 Å². The van der Waals surface area contributed by atoms with Crippen LogP contribution in [0, 0.1) is 13.8 Å². The van der Waals surface area contributed by atoms with Crippen molar-refractivity contribution in [2.24, 2.45) is 0 Å². The molecular formula is C14H15N5. The Morgan fingerprint density at radius 1 is 1.05 bits per heavy atom. The number of hydrogen-bond donors (Lipinski definition) is 1. The maximum Gasteiger partial charge on any atom is 0.239 e. The van der Waals surface area contributed by atoms with Crippen molar-refractivity contribution in [3.63, 3.8) is 0 Å². The summed E-state index contributed by atoms with van der Waals surface area (Å²) in [6, 6.07) is 8.23. The molecule has 0 aliphatic carbocycles. The third-order valence-electron chi connectivity index (χ3n) is 3.09. The zero-order valence-electron chi connectivity index (χ0n) is 11.2. The van der Waals surface area contributed by atoms with Crippen LogP contribution in [0.1, 0.15) is 11.4 Å². The Bertz CT molecular complexity index is 745. The van der Waals surface area contributed by atoms with Crippen molar-refractivity contribution in [1.29, 1.82) is 0 Å². The van der Waals surface area contributed by atoms with Crippen LogP contribution in [-0.2, 0) is 0 Å². The molecule has 0 atom stereocenters. The molecule has 3 aromatic rings. The van der Waals surface area contributed by atoms with Gasteiger partial charge in [-0.3, -0.25) is 4.57 Å². The van der Waals surface area contributed by atoms with Gasteiger partial charge in [0, 0.05) is 18.6 Å². The summed E-state index contributed by atoms with van der Waals surface area (Å²) < 4.78 is 2.00. The Morgan fingerprint density at radius 3 is 2.63 bits per heavy atom. The highest BCUT2D eigenvalue weighted by atomic mass is 15.2. The minimum atomic E-state index is 0.581. The van der Waals surface area contributed by atoms with Gasteiger partial charge < -0.3 is 5.32 Å². The fraction of sp³-hybridized carbons (Fsp3) is 0.214. The van der Waals surface area contributed by atoms with E-state index in [1.165, 1.54) is 10.9 Å². The Kier molecular flexibility index (Phi) is 2.67. The number of rotatable bonds is 2. The van der Waals surface area contributed by atoms with Crippen LogP contribution in [0.25, 0.3) is 16.9 Å². The van der Waals surface area contributed by atoms with Gasteiger partial charge in [-0.05, 0) is 25.5 Å². The SMILES string of the molecule is CNc1nc(C)nc(-n2cc(C)c3ccccc32)n1. The van der Waals surface area contributed by atoms with E-state index in [4.69, 9.17) is 0 Å². The van der Waals surface area contributed by atoms with Gasteiger partial charge in [-0.15, -0.1) is 0 Å². The molecule has 5 heteroatoms. The lowest BCUT2D eigenvalue weighted by Crippen LogP contribution is -2.07. The minimum absolute atomic E-state index is 0.581. The van der Waals surface area contributed by atoms with Crippen molar-refractivity contribution >= 4 is 16.9 Å². The zero-order valence-corrected chi connectivity index (χ0v) is 11.2. The van der Waals surface area contributed by atoms with E-state index in [1.54, 1.807) is 7.05 Å². The van der Waals surface area contributed by atoms with Gasteiger partial charge >= 0.3 is 0 Å². The molecule has 2 aromatic heterocycles. The molecule has 0 aliphatic rings. The molecular weight excluding hydrogens is 238 g/mol. The van der Waals surface area contributed by atoms with Gasteiger partial charge in [0.1, 0.15) is 5.82 Å². The van der Waals surface area contributed by atoms with Crippen molar-refractivity contribution in [3.05, 3.63) is 41.9 Å². The van der Waals surface area contributed by atoms with E-state index in [1.807, 2.05) is 23.6 Å². The first-order valence-electron chi connectivity index (χ1n) is 6.16. The number of nitrogens with one attached hydrogen (secondary N) is 1. The van der Waals surface area contributed by atoms with E-state index in [0.717, 1.165) is 5.52 Å². The second-order valence-electron chi connectivity index (χ2n) is 4.46. The largest absolute Gasteiger partial charge is 0.357 e. The molecule has 1 N–H and O–H groups in total. The molecule has 0 saturated carbocycles. The number of nitrogens with zero attached hydrogens (tertiary/aromatic N) is 4. The highest BCUT2D eigenvalue weighted by Crippen LogP contribution is 2.22. The smallest absolute Gasteiger partial charge is 0.239 e. The molecule has 0 saturated heterocycles. The van der Waals surface area contributed by atoms with Gasteiger partial charge in [0.2, 0.25) is 11.9 Å². The first-order chi connectivity index (χ1) is 9.19. The Balaban J connectivity index is 2.27. The Hall–Kier alpha value is -2.43. The van der Waals surface area contributed by atoms with Crippen LogP contribution in [0.5, 0.6) is 0 Å². The summed E-state index contributed by atoms with van der Waals surface area (Å²) in [6.45, 7) is 3.95. The molecule has 0 unspecified atom stereocenters. The van der Waals surface area contributed by atoms with Crippen LogP contribution < -0.4 is 5.32 Å². The Morgan fingerprint density at radius 2 is 1.84 bits per heavy atom. The number of benzene rings is 1. The summed E-state index contributed by atoms with van der Waals surface area (Å²) in [6.07, 6.45) is 2.05. The molecule has 3 rings (SSSR count). The predicted octanol–water partition coefficient (Wildman–Crippen LogP) is 2.47. The van der Waals surface area contributed by atoms with Crippen molar-refractivity contribution in [2.75, 3.05) is 12.4 Å². The minimum Gasteiger partial charge on any atom is -0.357 e. The summed E-state index contributed by atoms with van der Waals surface area (Å²) in [5.41, 5.74) is 2.31. The standard InChI is InChI=1S/C14H15N5/c1-9-8-19(12-7-5-4-6-11(9)12)14-17-10(2)16-13(15-3)18-14/h4-8H,1-3H3,(H,15,16,17,18). The van der Waals surface area contributed by atoms with E-state index < -0.39 is 0 Å². The number of aromatic nitrogens is 4. The van der Waals surface area contributed by atoms with Crippen molar-refractivity contribution < 1.29 is 0 Å². The molecule has 5 nitrogen and oxygen atoms in total. The topological polar surface area (TPSA) is 55.6 Å². The highest BCUT2D eigenvalue weighted by molar-refractivity contribution is 5.84. The monoisotopic (exact) mass is 253 g/mol. The molecule has 96 valence electrons. The lowest BCUT2D eigenvalue weighted by molar-refractivity contribution is 0.889. The fourth-order valence-corrected chi connectivity index (χ4v) is 2.20. The molecule has 0 bridgehead atoms. The first kappa shape index (κ1) is 11.6. The van der Waals surface area contributed by atoms with E-state index in [-0.39, 0.29) is 0 Å². The summed E-state index contributed by atoms with van der Waals surface area (Å²) in [4.78, 5) is 13.0. The maximum atomic E-state index is 4.42. The molecule has 1 aromatic carbocycles. The van der Waals surface area contributed by atoms with Gasteiger partial charge in [-0.2, -0.15) is 15.0 Å². The van der Waals surface area contributed by atoms with Gasteiger partial charge in [0.15, 0.2) is 0 Å². The number of aryl methyl sites for hydroxylation is 2. The molecule has 0 amide bonds. The lowest BCUT2D eigenvalue weighted by Gasteiger charge is -2.06. The number of hydrogen-bond acceptors (Lipinski definition) is 4. The summed E-state index contributed by atoms with van der Waals surface area (Å²) >= 11 is 0. The third kappa shape index (κ3) is 1.93. The van der Waals surface area contributed by atoms with Crippen LogP contribution in [0.4, 0.5) is 5.95 Å². The van der Waals surface area contributed by atoms with Crippen LogP contribution in [0.15, 0.2) is 30.5 Å². The fourth-order valence-electron chi connectivity index (χ4n) is 2.20. The average molecular weight is 253 g/mol. The van der Waals surface area contributed by atoms with Gasteiger partial charge in [-0.1, -0.05) is 18.2 Å². The molecule has 2 heterocycles. The zero-order chi connectivity index (χ0) is 13.4. The number of anilines is 1. The van der Waals surface area contributed by atoms with Crippen molar-refractivity contribution in [1.82, 2.24) is 19.5 Å². The van der Waals surface area contributed by atoms with Gasteiger partial charge in [-0.25, -0.2) is 0 Å². The van der Waals surface area contributed by atoms with Crippen LogP contribution in [-0.4, -0.2) is 26.6 Å². The third-order valence-corrected chi connectivity index (χ3v) is 3.09. The van der Waals surface area contributed by atoms with E-state index in [9.17, 15) is 0 Å². The second-order valence-corrected chi connectivity index (χ2v) is 4.46. The summed E-state index contributed by atoms with van der Waals surface area (Å²) in [5, 5.41) is 4.17. The maximum absolute atomic E-state index is 4.42. The van der Waals surface area contributed by atoms with Crippen molar-refractivity contribution in [2.45, 2.75) is 13.8 Å². The average Bonchev–Trinajstić information content (AvgIpc) is 2.76. The van der Waals surface area contributed by atoms with Gasteiger partial charge in [0.25, 0.3) is 0 Å². The second kappa shape index (κ2) is 4.35. The molecule has 0 aliphatic heterocycles. The van der Waals surface area contributed by atoms with Crippen LogP contribution in [0.2, 0.25) is 0 Å². The lowest BCUT2D eigenvalue weighted by atomic mass is 10.2. The van der Waals surface area contributed by atoms with E-state index in [0.29, 0.717) is 17.7 Å². The van der Waals surface area contributed by atoms with Crippen molar-refractivity contribution in [3.8, 4) is 5.95 Å². The normalized spacial score (nSPS) is 10.9. The Labute approximate surface area is 111 Å². The number of fused-ring (bicyclic) bond motifs is 1. The molecule has 0 spiro atoms. The summed E-state index contributed by atoms with van der Waals surface area (Å²) in [5.74, 6) is 1.92. The number of para-hydroxylation sites is 1. The van der Waals surface area contributed by atoms with Crippen LogP contribution in [0.3, 0.4) is 0 Å². The summed E-state index contributed by atoms with van der Waals surface area (Å²) in [7, 11) is 1.80. The quantitative estimate of drug-likeness (QED) is 0.762. The van der Waals surface area contributed by atoms with Gasteiger partial charge in [0.05, 0.1) is 5.52 Å². The van der Waals surface area contributed by atoms with E-state index in [2.05, 4.69) is 45.5 Å². The van der Waals surface area contributed by atoms with E-state index >= 15 is 0 Å². The molecule has 19 heavy (non-hydrogen) atoms. The first-order valence-corrected chi connectivity index (χ1v) is 6.16. The highest BCUT2D eigenvalue weighted by Gasteiger charge is 2.10. The molecule has 0 radical (unpaired) electrons. The predicted molar refractivity (Wildman–Crippen MR) is 75.7 cm³/mol. The molecule has 0 fully saturated rings.